The maximum Gasteiger partial charge on any atom is 0.223 e. The molecule has 1 saturated carbocycles. The first-order valence-corrected chi connectivity index (χ1v) is 8.60. The van der Waals surface area contributed by atoms with Crippen LogP contribution in [-0.4, -0.2) is 22.9 Å². The predicted molar refractivity (Wildman–Crippen MR) is 80.1 cm³/mol. The second kappa shape index (κ2) is 7.91. The Morgan fingerprint density at radius 2 is 1.26 bits per heavy atom. The summed E-state index contributed by atoms with van der Waals surface area (Å²) >= 11 is 0. The molecule has 2 rings (SSSR count). The summed E-state index contributed by atoms with van der Waals surface area (Å²) < 4.78 is 0. The SMILES string of the molecule is CC1CCC(=O)N1C1CCCCCCCCCCC1. The van der Waals surface area contributed by atoms with Crippen LogP contribution in [-0.2, 0) is 4.79 Å². The van der Waals surface area contributed by atoms with Gasteiger partial charge in [0.05, 0.1) is 0 Å². The summed E-state index contributed by atoms with van der Waals surface area (Å²) in [6.07, 6.45) is 16.8. The van der Waals surface area contributed by atoms with Crippen molar-refractivity contribution in [2.75, 3.05) is 0 Å². The quantitative estimate of drug-likeness (QED) is 0.674. The van der Waals surface area contributed by atoms with Crippen molar-refractivity contribution in [3.05, 3.63) is 0 Å². The molecule has 0 radical (unpaired) electrons. The number of hydrogen-bond acceptors (Lipinski definition) is 1. The van der Waals surface area contributed by atoms with E-state index < -0.39 is 0 Å². The van der Waals surface area contributed by atoms with Gasteiger partial charge in [0.25, 0.3) is 0 Å². The summed E-state index contributed by atoms with van der Waals surface area (Å²) in [5, 5.41) is 0. The van der Waals surface area contributed by atoms with Gasteiger partial charge in [0.1, 0.15) is 0 Å². The van der Waals surface area contributed by atoms with E-state index in [-0.39, 0.29) is 0 Å². The van der Waals surface area contributed by atoms with Gasteiger partial charge in [-0.2, -0.15) is 0 Å². The highest BCUT2D eigenvalue weighted by Gasteiger charge is 2.32. The van der Waals surface area contributed by atoms with Crippen LogP contribution in [0.25, 0.3) is 0 Å². The first-order chi connectivity index (χ1) is 9.29. The van der Waals surface area contributed by atoms with Gasteiger partial charge in [-0.1, -0.05) is 57.8 Å². The summed E-state index contributed by atoms with van der Waals surface area (Å²) in [4.78, 5) is 14.3. The highest BCUT2D eigenvalue weighted by Crippen LogP contribution is 2.27. The molecule has 2 heteroatoms. The zero-order valence-electron chi connectivity index (χ0n) is 12.7. The van der Waals surface area contributed by atoms with Gasteiger partial charge in [0, 0.05) is 18.5 Å². The molecule has 110 valence electrons. The second-order valence-corrected chi connectivity index (χ2v) is 6.60. The lowest BCUT2D eigenvalue weighted by Gasteiger charge is -2.32. The molecule has 0 aromatic heterocycles. The van der Waals surface area contributed by atoms with E-state index in [1.54, 1.807) is 0 Å². The van der Waals surface area contributed by atoms with Crippen LogP contribution in [0.5, 0.6) is 0 Å². The smallest absolute Gasteiger partial charge is 0.223 e. The molecular formula is C17H31NO. The highest BCUT2D eigenvalue weighted by atomic mass is 16.2. The van der Waals surface area contributed by atoms with Crippen molar-refractivity contribution in [2.24, 2.45) is 0 Å². The van der Waals surface area contributed by atoms with E-state index in [0.717, 1.165) is 12.8 Å². The number of rotatable bonds is 1. The lowest BCUT2D eigenvalue weighted by Crippen LogP contribution is -2.40. The molecule has 2 fully saturated rings. The Hall–Kier alpha value is -0.530. The Morgan fingerprint density at radius 3 is 1.68 bits per heavy atom. The van der Waals surface area contributed by atoms with Crippen molar-refractivity contribution >= 4 is 5.91 Å². The fourth-order valence-electron chi connectivity index (χ4n) is 3.83. The molecular weight excluding hydrogens is 234 g/mol. The molecule has 1 amide bonds. The van der Waals surface area contributed by atoms with Crippen molar-refractivity contribution < 1.29 is 4.79 Å². The monoisotopic (exact) mass is 265 g/mol. The van der Waals surface area contributed by atoms with Gasteiger partial charge in [-0.05, 0) is 26.2 Å². The molecule has 0 aromatic carbocycles. The number of amides is 1. The Kier molecular flexibility index (Phi) is 6.19. The van der Waals surface area contributed by atoms with E-state index in [9.17, 15) is 4.79 Å². The van der Waals surface area contributed by atoms with Gasteiger partial charge in [-0.15, -0.1) is 0 Å². The maximum atomic E-state index is 12.1. The minimum Gasteiger partial charge on any atom is -0.337 e. The summed E-state index contributed by atoms with van der Waals surface area (Å²) in [7, 11) is 0. The molecule has 1 heterocycles. The minimum atomic E-state index is 0.421. The van der Waals surface area contributed by atoms with Crippen molar-refractivity contribution in [1.82, 2.24) is 4.90 Å². The molecule has 1 atom stereocenters. The standard InChI is InChI=1S/C17H31NO/c1-15-13-14-17(19)18(15)16-11-9-7-5-3-2-4-6-8-10-12-16/h15-16H,2-14H2,1H3. The first kappa shape index (κ1) is 14.9. The molecule has 0 N–H and O–H groups in total. The van der Waals surface area contributed by atoms with Gasteiger partial charge < -0.3 is 4.90 Å². The van der Waals surface area contributed by atoms with Crippen LogP contribution in [0.3, 0.4) is 0 Å². The molecule has 2 aliphatic rings. The highest BCUT2D eigenvalue weighted by molar-refractivity contribution is 5.79. The van der Waals surface area contributed by atoms with Crippen LogP contribution in [0.4, 0.5) is 0 Å². The summed E-state index contributed by atoms with van der Waals surface area (Å²) in [5.41, 5.74) is 0. The van der Waals surface area contributed by atoms with E-state index >= 15 is 0 Å². The third kappa shape index (κ3) is 4.50. The molecule has 2 nitrogen and oxygen atoms in total. The molecule has 19 heavy (non-hydrogen) atoms. The third-order valence-electron chi connectivity index (χ3n) is 5.01. The zero-order chi connectivity index (χ0) is 13.5. The Balaban J connectivity index is 1.89. The van der Waals surface area contributed by atoms with E-state index in [0.29, 0.717) is 18.0 Å². The van der Waals surface area contributed by atoms with Crippen LogP contribution in [0.1, 0.15) is 90.4 Å². The lowest BCUT2D eigenvalue weighted by molar-refractivity contribution is -0.131. The zero-order valence-corrected chi connectivity index (χ0v) is 12.7. The molecule has 0 aromatic rings. The van der Waals surface area contributed by atoms with Gasteiger partial charge in [-0.25, -0.2) is 0 Å². The largest absolute Gasteiger partial charge is 0.337 e. The average molecular weight is 265 g/mol. The minimum absolute atomic E-state index is 0.421. The predicted octanol–water partition coefficient (Wildman–Crippen LogP) is 4.67. The fourth-order valence-corrected chi connectivity index (χ4v) is 3.83. The van der Waals surface area contributed by atoms with Crippen LogP contribution < -0.4 is 0 Å². The fraction of sp³-hybridized carbons (Fsp3) is 0.941. The van der Waals surface area contributed by atoms with E-state index in [4.69, 9.17) is 0 Å². The van der Waals surface area contributed by atoms with Crippen molar-refractivity contribution in [2.45, 2.75) is 102 Å². The van der Waals surface area contributed by atoms with Gasteiger partial charge >= 0.3 is 0 Å². The van der Waals surface area contributed by atoms with Crippen molar-refractivity contribution in [3.63, 3.8) is 0 Å². The van der Waals surface area contributed by atoms with Crippen molar-refractivity contribution in [3.8, 4) is 0 Å². The number of hydrogen-bond donors (Lipinski definition) is 0. The molecule has 1 unspecified atom stereocenters. The van der Waals surface area contributed by atoms with E-state index in [2.05, 4.69) is 11.8 Å². The summed E-state index contributed by atoms with van der Waals surface area (Å²) in [6, 6.07) is 1.04. The Bertz CT molecular complexity index is 264. The summed E-state index contributed by atoms with van der Waals surface area (Å²) in [6.45, 7) is 2.24. The van der Waals surface area contributed by atoms with E-state index in [1.165, 1.54) is 70.6 Å². The summed E-state index contributed by atoms with van der Waals surface area (Å²) in [5.74, 6) is 0.421. The third-order valence-corrected chi connectivity index (χ3v) is 5.01. The second-order valence-electron chi connectivity index (χ2n) is 6.60. The normalized spacial score (nSPS) is 29.0. The molecule has 0 bridgehead atoms. The molecule has 1 saturated heterocycles. The van der Waals surface area contributed by atoms with Gasteiger partial charge in [-0.3, -0.25) is 4.79 Å². The Morgan fingerprint density at radius 1 is 0.789 bits per heavy atom. The number of nitrogens with zero attached hydrogens (tertiary/aromatic N) is 1. The maximum absolute atomic E-state index is 12.1. The molecule has 1 aliphatic carbocycles. The number of carbonyl (C=O) groups excluding carboxylic acids is 1. The number of carbonyl (C=O) groups is 1. The topological polar surface area (TPSA) is 20.3 Å². The molecule has 0 spiro atoms. The molecule has 1 aliphatic heterocycles. The van der Waals surface area contributed by atoms with Gasteiger partial charge in [0.2, 0.25) is 5.91 Å². The average Bonchev–Trinajstić information content (AvgIpc) is 2.71. The van der Waals surface area contributed by atoms with Crippen LogP contribution in [0.2, 0.25) is 0 Å². The van der Waals surface area contributed by atoms with Gasteiger partial charge in [0.15, 0.2) is 0 Å². The first-order valence-electron chi connectivity index (χ1n) is 8.60. The van der Waals surface area contributed by atoms with Crippen LogP contribution in [0, 0.1) is 0 Å². The van der Waals surface area contributed by atoms with Crippen LogP contribution in [0.15, 0.2) is 0 Å². The Labute approximate surface area is 118 Å². The van der Waals surface area contributed by atoms with Crippen LogP contribution >= 0.6 is 0 Å². The van der Waals surface area contributed by atoms with Crippen molar-refractivity contribution in [1.29, 1.82) is 0 Å². The lowest BCUT2D eigenvalue weighted by atomic mass is 9.96. The van der Waals surface area contributed by atoms with E-state index in [1.807, 2.05) is 0 Å². The number of likely N-dealkylation sites (tertiary alicyclic amines) is 1.